The Balaban J connectivity index is 2.02. The van der Waals surface area contributed by atoms with Crippen LogP contribution in [-0.2, 0) is 0 Å². The van der Waals surface area contributed by atoms with Gasteiger partial charge in [0.15, 0.2) is 0 Å². The number of aromatic nitrogens is 2. The van der Waals surface area contributed by atoms with Crippen molar-refractivity contribution in [2.75, 3.05) is 0 Å². The molecule has 0 radical (unpaired) electrons. The minimum atomic E-state index is 0.353. The van der Waals surface area contributed by atoms with Crippen LogP contribution in [0.4, 0.5) is 0 Å². The lowest BCUT2D eigenvalue weighted by molar-refractivity contribution is 0.604. The van der Waals surface area contributed by atoms with E-state index in [0.29, 0.717) is 6.04 Å². The molecule has 0 bridgehead atoms. The first-order chi connectivity index (χ1) is 7.43. The van der Waals surface area contributed by atoms with E-state index in [2.05, 4.69) is 33.2 Å². The number of hydrogen-bond donors (Lipinski definition) is 1. The summed E-state index contributed by atoms with van der Waals surface area (Å²) in [7, 11) is 0. The first-order valence-electron chi connectivity index (χ1n) is 5.38. The van der Waals surface area contributed by atoms with E-state index >= 15 is 0 Å². The fraction of sp³-hybridized carbons (Fsp3) is 0.333. The summed E-state index contributed by atoms with van der Waals surface area (Å²) in [5.74, 6) is 0. The van der Waals surface area contributed by atoms with Gasteiger partial charge in [0.05, 0.1) is 23.4 Å². The lowest BCUT2D eigenvalue weighted by Gasteiger charge is -2.15. The van der Waals surface area contributed by atoms with Crippen molar-refractivity contribution in [3.8, 4) is 0 Å². The molecule has 0 fully saturated rings. The van der Waals surface area contributed by atoms with Gasteiger partial charge in [0.2, 0.25) is 0 Å². The van der Waals surface area contributed by atoms with Crippen LogP contribution < -0.4 is 0 Å². The van der Waals surface area contributed by atoms with E-state index in [1.165, 1.54) is 12.0 Å². The second-order valence-corrected chi connectivity index (χ2v) is 3.96. The molecule has 1 aromatic heterocycles. The number of aromatic amines is 1. The standard InChI is InChI=1S/C12H13N3/c1-2-6-13-10(3-1)9-4-5-11-12(7-9)15-8-14-11/h4-8,10H,1-3H2,(H,14,15). The minimum Gasteiger partial charge on any atom is -0.345 e. The number of hydrogen-bond acceptors (Lipinski definition) is 2. The van der Waals surface area contributed by atoms with Crippen molar-refractivity contribution in [1.29, 1.82) is 0 Å². The summed E-state index contributed by atoms with van der Waals surface area (Å²) in [6, 6.07) is 6.71. The zero-order valence-electron chi connectivity index (χ0n) is 8.48. The van der Waals surface area contributed by atoms with E-state index in [1.54, 1.807) is 6.33 Å². The van der Waals surface area contributed by atoms with Crippen LogP contribution in [0.3, 0.4) is 0 Å². The van der Waals surface area contributed by atoms with Crippen LogP contribution in [0.25, 0.3) is 11.0 Å². The maximum Gasteiger partial charge on any atom is 0.0931 e. The first kappa shape index (κ1) is 8.65. The van der Waals surface area contributed by atoms with Crippen molar-refractivity contribution in [3.63, 3.8) is 0 Å². The number of benzene rings is 1. The third-order valence-electron chi connectivity index (χ3n) is 2.93. The summed E-state index contributed by atoms with van der Waals surface area (Å²) in [6.45, 7) is 0. The molecule has 1 N–H and O–H groups in total. The highest BCUT2D eigenvalue weighted by Crippen LogP contribution is 2.27. The smallest absolute Gasteiger partial charge is 0.0931 e. The molecule has 15 heavy (non-hydrogen) atoms. The van der Waals surface area contributed by atoms with Gasteiger partial charge in [0.1, 0.15) is 0 Å². The van der Waals surface area contributed by atoms with Crippen LogP contribution >= 0.6 is 0 Å². The van der Waals surface area contributed by atoms with Crippen LogP contribution in [0.2, 0.25) is 0 Å². The van der Waals surface area contributed by atoms with Crippen LogP contribution in [0.15, 0.2) is 29.5 Å². The molecule has 0 saturated carbocycles. The fourth-order valence-corrected chi connectivity index (χ4v) is 2.09. The molecule has 3 nitrogen and oxygen atoms in total. The quantitative estimate of drug-likeness (QED) is 0.753. The molecule has 0 aliphatic carbocycles. The summed E-state index contributed by atoms with van der Waals surface area (Å²) in [6.07, 6.45) is 7.32. The summed E-state index contributed by atoms with van der Waals surface area (Å²) >= 11 is 0. The Hall–Kier alpha value is -1.64. The Morgan fingerprint density at radius 1 is 1.33 bits per heavy atom. The third-order valence-corrected chi connectivity index (χ3v) is 2.93. The Kier molecular flexibility index (Phi) is 2.02. The molecule has 1 aliphatic rings. The van der Waals surface area contributed by atoms with Gasteiger partial charge in [0, 0.05) is 0 Å². The van der Waals surface area contributed by atoms with Gasteiger partial charge in [-0.05, 0) is 43.2 Å². The average molecular weight is 199 g/mol. The highest BCUT2D eigenvalue weighted by atomic mass is 14.9. The number of imidazole rings is 1. The summed E-state index contributed by atoms with van der Waals surface area (Å²) < 4.78 is 0. The van der Waals surface area contributed by atoms with Gasteiger partial charge in [-0.3, -0.25) is 4.99 Å². The minimum absolute atomic E-state index is 0.353. The van der Waals surface area contributed by atoms with E-state index in [1.807, 2.05) is 6.21 Å². The maximum atomic E-state index is 4.53. The highest BCUT2D eigenvalue weighted by molar-refractivity contribution is 5.75. The third kappa shape index (κ3) is 1.54. The topological polar surface area (TPSA) is 41.0 Å². The van der Waals surface area contributed by atoms with Gasteiger partial charge >= 0.3 is 0 Å². The molecular formula is C12H13N3. The van der Waals surface area contributed by atoms with Gasteiger partial charge in [0.25, 0.3) is 0 Å². The van der Waals surface area contributed by atoms with Gasteiger partial charge in [-0.25, -0.2) is 4.98 Å². The number of fused-ring (bicyclic) bond motifs is 1. The molecular weight excluding hydrogens is 186 g/mol. The predicted octanol–water partition coefficient (Wildman–Crippen LogP) is 2.86. The molecule has 3 rings (SSSR count). The molecule has 0 saturated heterocycles. The lowest BCUT2D eigenvalue weighted by atomic mass is 9.99. The van der Waals surface area contributed by atoms with E-state index in [9.17, 15) is 0 Å². The van der Waals surface area contributed by atoms with Crippen molar-refractivity contribution in [2.24, 2.45) is 4.99 Å². The second kappa shape index (κ2) is 3.50. The lowest BCUT2D eigenvalue weighted by Crippen LogP contribution is -2.01. The Morgan fingerprint density at radius 2 is 2.33 bits per heavy atom. The first-order valence-corrected chi connectivity index (χ1v) is 5.38. The van der Waals surface area contributed by atoms with Crippen molar-refractivity contribution in [2.45, 2.75) is 25.3 Å². The van der Waals surface area contributed by atoms with Crippen LogP contribution in [0.1, 0.15) is 30.9 Å². The molecule has 1 atom stereocenters. The summed E-state index contributed by atoms with van der Waals surface area (Å²) in [5.41, 5.74) is 3.43. The van der Waals surface area contributed by atoms with Crippen LogP contribution in [-0.4, -0.2) is 16.2 Å². The van der Waals surface area contributed by atoms with Gasteiger partial charge in [-0.15, -0.1) is 0 Å². The van der Waals surface area contributed by atoms with E-state index in [0.717, 1.165) is 23.9 Å². The Bertz CT molecular complexity index is 498. The monoisotopic (exact) mass is 199 g/mol. The number of aliphatic imine (C=N–C) groups is 1. The van der Waals surface area contributed by atoms with Crippen molar-refractivity contribution >= 4 is 17.2 Å². The Labute approximate surface area is 88.3 Å². The summed E-state index contributed by atoms with van der Waals surface area (Å²) in [5, 5.41) is 0. The SMILES string of the molecule is C1=NC(c2ccc3nc[nH]c3c2)CCC1. The van der Waals surface area contributed by atoms with Crippen LogP contribution in [0.5, 0.6) is 0 Å². The number of nitrogens with zero attached hydrogens (tertiary/aromatic N) is 2. The zero-order valence-corrected chi connectivity index (χ0v) is 8.48. The van der Waals surface area contributed by atoms with Crippen molar-refractivity contribution < 1.29 is 0 Å². The number of rotatable bonds is 1. The summed E-state index contributed by atoms with van der Waals surface area (Å²) in [4.78, 5) is 11.9. The normalized spacial score (nSPS) is 20.9. The van der Waals surface area contributed by atoms with Crippen molar-refractivity contribution in [1.82, 2.24) is 9.97 Å². The molecule has 1 aliphatic heterocycles. The molecule has 1 aromatic carbocycles. The van der Waals surface area contributed by atoms with E-state index in [4.69, 9.17) is 0 Å². The fourth-order valence-electron chi connectivity index (χ4n) is 2.09. The highest BCUT2D eigenvalue weighted by Gasteiger charge is 2.12. The largest absolute Gasteiger partial charge is 0.345 e. The predicted molar refractivity (Wildman–Crippen MR) is 61.2 cm³/mol. The van der Waals surface area contributed by atoms with Crippen LogP contribution in [0, 0.1) is 0 Å². The molecule has 0 spiro atoms. The van der Waals surface area contributed by atoms with Gasteiger partial charge in [-0.1, -0.05) is 6.07 Å². The molecule has 2 heterocycles. The Morgan fingerprint density at radius 3 is 3.20 bits per heavy atom. The molecule has 2 aromatic rings. The molecule has 1 unspecified atom stereocenters. The van der Waals surface area contributed by atoms with Gasteiger partial charge < -0.3 is 4.98 Å². The average Bonchev–Trinajstić information content (AvgIpc) is 2.77. The van der Waals surface area contributed by atoms with E-state index in [-0.39, 0.29) is 0 Å². The maximum absolute atomic E-state index is 4.53. The van der Waals surface area contributed by atoms with E-state index < -0.39 is 0 Å². The molecule has 0 amide bonds. The second-order valence-electron chi connectivity index (χ2n) is 3.96. The molecule has 3 heteroatoms. The van der Waals surface area contributed by atoms with Crippen molar-refractivity contribution in [3.05, 3.63) is 30.1 Å². The molecule has 76 valence electrons. The number of nitrogens with one attached hydrogen (secondary N) is 1. The number of H-pyrrole nitrogens is 1. The van der Waals surface area contributed by atoms with Gasteiger partial charge in [-0.2, -0.15) is 0 Å². The zero-order chi connectivity index (χ0) is 10.1.